The number of phosphoric acid groups is 1. The average molecular weight is 609 g/mol. The van der Waals surface area contributed by atoms with E-state index in [1.807, 2.05) is 0 Å². The largest absolute Gasteiger partial charge is 0.472 e. The van der Waals surface area contributed by atoms with E-state index in [1.54, 1.807) is 0 Å². The van der Waals surface area contributed by atoms with Crippen LogP contribution in [-0.2, 0) is 27.9 Å². The second kappa shape index (κ2) is 29.3. The second-order valence-electron chi connectivity index (χ2n) is 10.8. The van der Waals surface area contributed by atoms with Crippen molar-refractivity contribution in [2.24, 2.45) is 0 Å². The SMILES string of the molecule is CCCC/C=C\CCCCCCCC(=O)OC(COCCCCCCCCCCC)COP(=O)(O)OCC(O)CO. The molecule has 41 heavy (non-hydrogen) atoms. The van der Waals surface area contributed by atoms with Crippen molar-refractivity contribution in [2.45, 2.75) is 148 Å². The summed E-state index contributed by atoms with van der Waals surface area (Å²) in [6.07, 6.45) is 23.2. The second-order valence-corrected chi connectivity index (χ2v) is 12.3. The van der Waals surface area contributed by atoms with Crippen molar-refractivity contribution in [2.75, 3.05) is 33.0 Å². The molecule has 3 atom stereocenters. The van der Waals surface area contributed by atoms with Gasteiger partial charge in [0.1, 0.15) is 12.2 Å². The van der Waals surface area contributed by atoms with Gasteiger partial charge in [0.15, 0.2) is 0 Å². The summed E-state index contributed by atoms with van der Waals surface area (Å²) < 4.78 is 33.0. The summed E-state index contributed by atoms with van der Waals surface area (Å²) in [5, 5.41) is 18.2. The molecule has 0 saturated heterocycles. The molecule has 0 aromatic rings. The van der Waals surface area contributed by atoms with Gasteiger partial charge in [-0.3, -0.25) is 13.8 Å². The molecule has 0 amide bonds. The fourth-order valence-corrected chi connectivity index (χ4v) is 4.95. The molecule has 0 aromatic carbocycles. The highest BCUT2D eigenvalue weighted by molar-refractivity contribution is 7.47. The highest BCUT2D eigenvalue weighted by atomic mass is 31.2. The number of ether oxygens (including phenoxy) is 2. The third kappa shape index (κ3) is 29.1. The van der Waals surface area contributed by atoms with Gasteiger partial charge in [-0.15, -0.1) is 0 Å². The van der Waals surface area contributed by atoms with E-state index in [4.69, 9.17) is 19.1 Å². The first kappa shape index (κ1) is 40.2. The number of carbonyl (C=O) groups is 1. The topological polar surface area (TPSA) is 132 Å². The Kier molecular flexibility index (Phi) is 28.7. The number of unbranched alkanes of at least 4 members (excludes halogenated alkanes) is 15. The highest BCUT2D eigenvalue weighted by Gasteiger charge is 2.26. The first-order chi connectivity index (χ1) is 19.8. The molecule has 0 fully saturated rings. The monoisotopic (exact) mass is 608 g/mol. The van der Waals surface area contributed by atoms with Crippen LogP contribution in [0.5, 0.6) is 0 Å². The Labute approximate surface area is 250 Å². The van der Waals surface area contributed by atoms with Gasteiger partial charge in [-0.05, 0) is 32.1 Å². The Morgan fingerprint density at radius 1 is 0.732 bits per heavy atom. The number of allylic oxidation sites excluding steroid dienone is 2. The van der Waals surface area contributed by atoms with Crippen LogP contribution in [0.2, 0.25) is 0 Å². The van der Waals surface area contributed by atoms with Crippen molar-refractivity contribution in [3.63, 3.8) is 0 Å². The van der Waals surface area contributed by atoms with E-state index in [-0.39, 0.29) is 19.6 Å². The van der Waals surface area contributed by atoms with Gasteiger partial charge in [-0.25, -0.2) is 4.57 Å². The van der Waals surface area contributed by atoms with Crippen LogP contribution in [0.1, 0.15) is 136 Å². The minimum Gasteiger partial charge on any atom is -0.457 e. The molecule has 0 spiro atoms. The maximum Gasteiger partial charge on any atom is 0.472 e. The van der Waals surface area contributed by atoms with Crippen molar-refractivity contribution in [3.8, 4) is 0 Å². The number of hydrogen-bond donors (Lipinski definition) is 3. The Balaban J connectivity index is 4.32. The normalized spacial score (nSPS) is 14.8. The molecule has 0 rings (SSSR count). The van der Waals surface area contributed by atoms with Crippen LogP contribution in [0.25, 0.3) is 0 Å². The quantitative estimate of drug-likeness (QED) is 0.0318. The summed E-state index contributed by atoms with van der Waals surface area (Å²) in [6.45, 7) is 3.43. The standard InChI is InChI=1S/C31H61O9P/c1-3-5-7-9-11-13-14-15-17-19-21-23-31(34)40-30(28-39-41(35,36)38-26-29(33)25-32)27-37-24-22-20-18-16-12-10-8-6-4-2/h9,11,29-30,32-33H,3-8,10,12-28H2,1-2H3,(H,35,36)/b11-9-. The van der Waals surface area contributed by atoms with Gasteiger partial charge >= 0.3 is 13.8 Å². The van der Waals surface area contributed by atoms with Crippen LogP contribution < -0.4 is 0 Å². The van der Waals surface area contributed by atoms with Gasteiger partial charge in [0, 0.05) is 13.0 Å². The predicted molar refractivity (Wildman–Crippen MR) is 164 cm³/mol. The van der Waals surface area contributed by atoms with E-state index in [0.29, 0.717) is 6.61 Å². The summed E-state index contributed by atoms with van der Waals surface area (Å²) in [7, 11) is -4.50. The zero-order valence-corrected chi connectivity index (χ0v) is 26.9. The Morgan fingerprint density at radius 2 is 1.27 bits per heavy atom. The van der Waals surface area contributed by atoms with Crippen molar-refractivity contribution in [1.82, 2.24) is 0 Å². The minimum atomic E-state index is -4.50. The van der Waals surface area contributed by atoms with Gasteiger partial charge in [-0.1, -0.05) is 109 Å². The minimum absolute atomic E-state index is 0.0494. The Morgan fingerprint density at radius 3 is 1.90 bits per heavy atom. The maximum atomic E-state index is 12.4. The number of carbonyl (C=O) groups excluding carboxylic acids is 1. The van der Waals surface area contributed by atoms with Crippen LogP contribution in [0, 0.1) is 0 Å². The van der Waals surface area contributed by atoms with Crippen LogP contribution in [0.4, 0.5) is 0 Å². The van der Waals surface area contributed by atoms with Gasteiger partial charge in [-0.2, -0.15) is 0 Å². The highest BCUT2D eigenvalue weighted by Crippen LogP contribution is 2.43. The summed E-state index contributed by atoms with van der Waals surface area (Å²) in [5.41, 5.74) is 0. The number of aliphatic hydroxyl groups excluding tert-OH is 2. The third-order valence-corrected chi connectivity index (χ3v) is 7.65. The maximum absolute atomic E-state index is 12.4. The summed E-state index contributed by atoms with van der Waals surface area (Å²) in [4.78, 5) is 22.3. The molecule has 0 heterocycles. The molecule has 0 aliphatic carbocycles. The molecule has 0 bridgehead atoms. The summed E-state index contributed by atoms with van der Waals surface area (Å²) in [6, 6.07) is 0. The van der Waals surface area contributed by atoms with E-state index in [1.165, 1.54) is 51.4 Å². The molecule has 9 nitrogen and oxygen atoms in total. The lowest BCUT2D eigenvalue weighted by Gasteiger charge is -2.20. The van der Waals surface area contributed by atoms with E-state index in [0.717, 1.165) is 64.2 Å². The van der Waals surface area contributed by atoms with E-state index in [2.05, 4.69) is 30.5 Å². The molecule has 0 aromatic heterocycles. The van der Waals surface area contributed by atoms with E-state index >= 15 is 0 Å². The van der Waals surface area contributed by atoms with Gasteiger partial charge < -0.3 is 24.6 Å². The lowest BCUT2D eigenvalue weighted by atomic mass is 10.1. The Bertz CT molecular complexity index is 659. The smallest absolute Gasteiger partial charge is 0.457 e. The van der Waals surface area contributed by atoms with Crippen LogP contribution >= 0.6 is 7.82 Å². The van der Waals surface area contributed by atoms with Crippen molar-refractivity contribution < 1.29 is 43.0 Å². The van der Waals surface area contributed by atoms with E-state index in [9.17, 15) is 19.4 Å². The molecule has 3 unspecified atom stereocenters. The predicted octanol–water partition coefficient (Wildman–Crippen LogP) is 7.41. The molecule has 244 valence electrons. The number of rotatable bonds is 31. The lowest BCUT2D eigenvalue weighted by molar-refractivity contribution is -0.154. The number of hydrogen-bond acceptors (Lipinski definition) is 8. The van der Waals surface area contributed by atoms with Crippen LogP contribution in [0.15, 0.2) is 12.2 Å². The average Bonchev–Trinajstić information content (AvgIpc) is 2.96. The molecule has 0 aliphatic heterocycles. The fraction of sp³-hybridized carbons (Fsp3) is 0.903. The molecule has 0 aliphatic rings. The number of phosphoric ester groups is 1. The molecular formula is C31H61O9P. The number of aliphatic hydroxyl groups is 2. The molecule has 3 N–H and O–H groups in total. The van der Waals surface area contributed by atoms with Gasteiger partial charge in [0.25, 0.3) is 0 Å². The third-order valence-electron chi connectivity index (χ3n) is 6.70. The molecular weight excluding hydrogens is 547 g/mol. The summed E-state index contributed by atoms with van der Waals surface area (Å²) in [5.74, 6) is -0.395. The van der Waals surface area contributed by atoms with Crippen molar-refractivity contribution in [3.05, 3.63) is 12.2 Å². The first-order valence-corrected chi connectivity index (χ1v) is 17.7. The van der Waals surface area contributed by atoms with Crippen molar-refractivity contribution in [1.29, 1.82) is 0 Å². The van der Waals surface area contributed by atoms with Gasteiger partial charge in [0.2, 0.25) is 0 Å². The Hall–Kier alpha value is -0.800. The number of esters is 1. The van der Waals surface area contributed by atoms with Crippen molar-refractivity contribution >= 4 is 13.8 Å². The van der Waals surface area contributed by atoms with Crippen LogP contribution in [-0.4, -0.2) is 66.3 Å². The van der Waals surface area contributed by atoms with Gasteiger partial charge in [0.05, 0.1) is 26.4 Å². The molecule has 10 heteroatoms. The summed E-state index contributed by atoms with van der Waals surface area (Å²) >= 11 is 0. The van der Waals surface area contributed by atoms with Crippen LogP contribution in [0.3, 0.4) is 0 Å². The molecule has 0 radical (unpaired) electrons. The van der Waals surface area contributed by atoms with E-state index < -0.39 is 39.2 Å². The fourth-order valence-electron chi connectivity index (χ4n) is 4.16. The molecule has 0 saturated carbocycles. The zero-order valence-electron chi connectivity index (χ0n) is 26.0. The first-order valence-electron chi connectivity index (χ1n) is 16.2. The lowest BCUT2D eigenvalue weighted by Crippen LogP contribution is -2.29. The zero-order chi connectivity index (χ0) is 30.4.